The van der Waals surface area contributed by atoms with Gasteiger partial charge in [0, 0.05) is 17.2 Å². The van der Waals surface area contributed by atoms with Gasteiger partial charge >= 0.3 is 0 Å². The second-order valence-corrected chi connectivity index (χ2v) is 3.82. The lowest BCUT2D eigenvalue weighted by molar-refractivity contribution is 0.0799. The SMILES string of the molecule is O=C(NC[C@@H](O)CO)c1ccc(Br)cn1. The van der Waals surface area contributed by atoms with Crippen LogP contribution in [0.3, 0.4) is 0 Å². The van der Waals surface area contributed by atoms with Crippen LogP contribution >= 0.6 is 15.9 Å². The maximum Gasteiger partial charge on any atom is 0.269 e. The van der Waals surface area contributed by atoms with Gasteiger partial charge in [-0.2, -0.15) is 0 Å². The van der Waals surface area contributed by atoms with Crippen LogP contribution in [0.15, 0.2) is 22.8 Å². The van der Waals surface area contributed by atoms with Gasteiger partial charge in [-0.25, -0.2) is 4.98 Å². The Bertz CT molecular complexity index is 329. The van der Waals surface area contributed by atoms with Gasteiger partial charge in [-0.15, -0.1) is 0 Å². The number of aromatic nitrogens is 1. The molecule has 0 aromatic carbocycles. The molecule has 0 spiro atoms. The molecule has 1 aromatic heterocycles. The van der Waals surface area contributed by atoms with E-state index in [2.05, 4.69) is 26.2 Å². The number of carbonyl (C=O) groups is 1. The number of aliphatic hydroxyl groups is 2. The van der Waals surface area contributed by atoms with E-state index in [-0.39, 0.29) is 24.8 Å². The minimum absolute atomic E-state index is 0.00702. The van der Waals surface area contributed by atoms with Crippen LogP contribution in [0.5, 0.6) is 0 Å². The molecule has 0 aliphatic heterocycles. The lowest BCUT2D eigenvalue weighted by Crippen LogP contribution is -2.34. The zero-order valence-electron chi connectivity index (χ0n) is 7.85. The van der Waals surface area contributed by atoms with E-state index in [1.807, 2.05) is 0 Å². The predicted octanol–water partition coefficient (Wildman–Crippen LogP) is -0.0729. The summed E-state index contributed by atoms with van der Waals surface area (Å²) in [4.78, 5) is 15.3. The van der Waals surface area contributed by atoms with E-state index in [9.17, 15) is 4.79 Å². The molecular formula is C9H11BrN2O3. The third-order valence-corrected chi connectivity index (χ3v) is 2.14. The Morgan fingerprint density at radius 1 is 1.60 bits per heavy atom. The molecule has 82 valence electrons. The molecule has 3 N–H and O–H groups in total. The Morgan fingerprint density at radius 2 is 2.33 bits per heavy atom. The topological polar surface area (TPSA) is 82.5 Å². The number of amides is 1. The summed E-state index contributed by atoms with van der Waals surface area (Å²) in [6, 6.07) is 3.26. The molecule has 0 aliphatic rings. The first-order valence-corrected chi connectivity index (χ1v) is 5.11. The molecule has 6 heteroatoms. The van der Waals surface area contributed by atoms with Crippen molar-refractivity contribution in [1.29, 1.82) is 0 Å². The smallest absolute Gasteiger partial charge is 0.269 e. The Balaban J connectivity index is 2.50. The van der Waals surface area contributed by atoms with E-state index in [1.165, 1.54) is 6.20 Å². The maximum atomic E-state index is 11.4. The zero-order chi connectivity index (χ0) is 11.3. The van der Waals surface area contributed by atoms with Crippen molar-refractivity contribution in [3.8, 4) is 0 Å². The van der Waals surface area contributed by atoms with Crippen molar-refractivity contribution in [1.82, 2.24) is 10.3 Å². The standard InChI is InChI=1S/C9H11BrN2O3/c10-6-1-2-8(11-3-6)9(15)12-4-7(14)5-13/h1-3,7,13-14H,4-5H2,(H,12,15)/t7-/m1/s1. The fourth-order valence-electron chi connectivity index (χ4n) is 0.876. The van der Waals surface area contributed by atoms with Gasteiger partial charge in [0.2, 0.25) is 0 Å². The van der Waals surface area contributed by atoms with Gasteiger partial charge in [0.05, 0.1) is 12.7 Å². The van der Waals surface area contributed by atoms with Crippen LogP contribution in [-0.2, 0) is 0 Å². The van der Waals surface area contributed by atoms with Crippen LogP contribution in [0, 0.1) is 0 Å². The Hall–Kier alpha value is -0.980. The molecule has 1 atom stereocenters. The average Bonchev–Trinajstić information content (AvgIpc) is 2.26. The zero-order valence-corrected chi connectivity index (χ0v) is 9.44. The average molecular weight is 275 g/mol. The van der Waals surface area contributed by atoms with Gasteiger partial charge in [-0.05, 0) is 28.1 Å². The number of halogens is 1. The number of nitrogens with zero attached hydrogens (tertiary/aromatic N) is 1. The van der Waals surface area contributed by atoms with E-state index in [4.69, 9.17) is 10.2 Å². The minimum atomic E-state index is -0.940. The maximum absolute atomic E-state index is 11.4. The van der Waals surface area contributed by atoms with E-state index in [0.29, 0.717) is 0 Å². The lowest BCUT2D eigenvalue weighted by atomic mass is 10.3. The van der Waals surface area contributed by atoms with Crippen LogP contribution in [0.4, 0.5) is 0 Å². The van der Waals surface area contributed by atoms with Crippen molar-refractivity contribution in [3.63, 3.8) is 0 Å². The van der Waals surface area contributed by atoms with E-state index < -0.39 is 6.10 Å². The summed E-state index contributed by atoms with van der Waals surface area (Å²) < 4.78 is 0.787. The highest BCUT2D eigenvalue weighted by Gasteiger charge is 2.08. The van der Waals surface area contributed by atoms with E-state index >= 15 is 0 Å². The molecule has 0 fully saturated rings. The van der Waals surface area contributed by atoms with E-state index in [0.717, 1.165) is 4.47 Å². The highest BCUT2D eigenvalue weighted by Crippen LogP contribution is 2.07. The van der Waals surface area contributed by atoms with Crippen molar-refractivity contribution in [3.05, 3.63) is 28.5 Å². The number of carbonyl (C=O) groups excluding carboxylic acids is 1. The molecule has 1 heterocycles. The first kappa shape index (κ1) is 12.1. The van der Waals surface area contributed by atoms with Gasteiger partial charge in [0.25, 0.3) is 5.91 Å². The molecule has 1 aromatic rings. The highest BCUT2D eigenvalue weighted by molar-refractivity contribution is 9.10. The fraction of sp³-hybridized carbons (Fsp3) is 0.333. The van der Waals surface area contributed by atoms with Crippen LogP contribution in [0.2, 0.25) is 0 Å². The monoisotopic (exact) mass is 274 g/mol. The lowest BCUT2D eigenvalue weighted by Gasteiger charge is -2.08. The Kier molecular flexibility index (Phi) is 4.67. The van der Waals surface area contributed by atoms with Crippen molar-refractivity contribution >= 4 is 21.8 Å². The number of aliphatic hydroxyl groups excluding tert-OH is 2. The third-order valence-electron chi connectivity index (χ3n) is 1.67. The molecular weight excluding hydrogens is 264 g/mol. The summed E-state index contributed by atoms with van der Waals surface area (Å²) in [7, 11) is 0. The Labute approximate surface area is 95.3 Å². The van der Waals surface area contributed by atoms with Gasteiger partial charge in [0.1, 0.15) is 5.69 Å². The second kappa shape index (κ2) is 5.79. The van der Waals surface area contributed by atoms with Gasteiger partial charge in [-0.1, -0.05) is 0 Å². The van der Waals surface area contributed by atoms with Crippen molar-refractivity contribution in [2.45, 2.75) is 6.10 Å². The molecule has 5 nitrogen and oxygen atoms in total. The normalized spacial score (nSPS) is 12.2. The van der Waals surface area contributed by atoms with Crippen LogP contribution in [-0.4, -0.2) is 40.4 Å². The van der Waals surface area contributed by atoms with E-state index in [1.54, 1.807) is 12.1 Å². The molecule has 0 unspecified atom stereocenters. The summed E-state index contributed by atoms with van der Waals surface area (Å²) in [5, 5.41) is 20.0. The first-order chi connectivity index (χ1) is 7.13. The molecule has 1 amide bonds. The molecule has 0 aliphatic carbocycles. The quantitative estimate of drug-likeness (QED) is 0.718. The van der Waals surface area contributed by atoms with Crippen molar-refractivity contribution in [2.24, 2.45) is 0 Å². The molecule has 0 saturated carbocycles. The van der Waals surface area contributed by atoms with Crippen LogP contribution in [0.25, 0.3) is 0 Å². The van der Waals surface area contributed by atoms with Gasteiger partial charge < -0.3 is 15.5 Å². The van der Waals surface area contributed by atoms with Crippen LogP contribution in [0.1, 0.15) is 10.5 Å². The highest BCUT2D eigenvalue weighted by atomic mass is 79.9. The summed E-state index contributed by atoms with van der Waals surface area (Å²) >= 11 is 3.20. The molecule has 0 saturated heterocycles. The van der Waals surface area contributed by atoms with Crippen molar-refractivity contribution in [2.75, 3.05) is 13.2 Å². The second-order valence-electron chi connectivity index (χ2n) is 2.91. The first-order valence-electron chi connectivity index (χ1n) is 4.32. The number of hydrogen-bond donors (Lipinski definition) is 3. The number of nitrogens with one attached hydrogen (secondary N) is 1. The summed E-state index contributed by atoms with van der Waals surface area (Å²) in [5.74, 6) is -0.380. The molecule has 0 radical (unpaired) electrons. The minimum Gasteiger partial charge on any atom is -0.394 e. The van der Waals surface area contributed by atoms with Gasteiger partial charge in [-0.3, -0.25) is 4.79 Å². The van der Waals surface area contributed by atoms with Crippen LogP contribution < -0.4 is 5.32 Å². The number of pyridine rings is 1. The molecule has 1 rings (SSSR count). The Morgan fingerprint density at radius 3 is 2.87 bits per heavy atom. The largest absolute Gasteiger partial charge is 0.394 e. The predicted molar refractivity (Wildman–Crippen MR) is 57.4 cm³/mol. The number of rotatable bonds is 4. The van der Waals surface area contributed by atoms with Gasteiger partial charge in [0.15, 0.2) is 0 Å². The summed E-state index contributed by atoms with van der Waals surface area (Å²) in [5.41, 5.74) is 0.267. The fourth-order valence-corrected chi connectivity index (χ4v) is 1.11. The number of hydrogen-bond acceptors (Lipinski definition) is 4. The summed E-state index contributed by atoms with van der Waals surface area (Å²) in [6.45, 7) is -0.374. The molecule has 0 bridgehead atoms. The third kappa shape index (κ3) is 3.94. The summed E-state index contributed by atoms with van der Waals surface area (Å²) in [6.07, 6.45) is 0.571. The molecule has 15 heavy (non-hydrogen) atoms. The van der Waals surface area contributed by atoms with Crippen molar-refractivity contribution < 1.29 is 15.0 Å².